The molecule has 0 aliphatic carbocycles. The number of rotatable bonds is 10. The lowest BCUT2D eigenvalue weighted by Gasteiger charge is -2.20. The second-order valence-electron chi connectivity index (χ2n) is 5.20. The minimum absolute atomic E-state index is 0.0744. The summed E-state index contributed by atoms with van der Waals surface area (Å²) < 4.78 is 10.2. The number of carbonyl (C=O) groups is 2. The predicted molar refractivity (Wildman–Crippen MR) is 88.5 cm³/mol. The number of para-hydroxylation sites is 1. The first-order valence-electron chi connectivity index (χ1n) is 7.71. The van der Waals surface area contributed by atoms with Crippen LogP contribution in [0.25, 0.3) is 0 Å². The van der Waals surface area contributed by atoms with E-state index in [1.165, 1.54) is 11.8 Å². The third-order valence-corrected chi connectivity index (χ3v) is 3.47. The first-order chi connectivity index (χ1) is 11.1. The molecule has 6 nitrogen and oxygen atoms in total. The Balaban J connectivity index is 2.38. The average Bonchev–Trinajstić information content (AvgIpc) is 2.54. The van der Waals surface area contributed by atoms with Crippen LogP contribution >= 0.6 is 0 Å². The normalized spacial score (nSPS) is 10.2. The average molecular weight is 322 g/mol. The highest BCUT2D eigenvalue weighted by molar-refractivity contribution is 5.83. The molecular formula is C17H26N2O4. The molecule has 1 aromatic carbocycles. The van der Waals surface area contributed by atoms with Gasteiger partial charge in [-0.15, -0.1) is 0 Å². The van der Waals surface area contributed by atoms with Crippen molar-refractivity contribution in [2.75, 3.05) is 40.5 Å². The molecule has 0 saturated heterocycles. The molecule has 23 heavy (non-hydrogen) atoms. The Morgan fingerprint density at radius 2 is 1.96 bits per heavy atom. The van der Waals surface area contributed by atoms with Crippen LogP contribution in [0.5, 0.6) is 5.75 Å². The summed E-state index contributed by atoms with van der Waals surface area (Å²) in [5.41, 5.74) is 1.04. The summed E-state index contributed by atoms with van der Waals surface area (Å²) in [5.74, 6) is 0.542. The van der Waals surface area contributed by atoms with E-state index in [4.69, 9.17) is 9.47 Å². The molecule has 0 fully saturated rings. The monoisotopic (exact) mass is 322 g/mol. The summed E-state index contributed by atoms with van der Waals surface area (Å²) in [7, 11) is 3.24. The highest BCUT2D eigenvalue weighted by Gasteiger charge is 2.13. The Morgan fingerprint density at radius 1 is 1.22 bits per heavy atom. The molecule has 0 saturated carbocycles. The van der Waals surface area contributed by atoms with Crippen molar-refractivity contribution in [2.45, 2.75) is 19.8 Å². The zero-order valence-corrected chi connectivity index (χ0v) is 14.1. The number of hydrogen-bond donors (Lipinski definition) is 1. The summed E-state index contributed by atoms with van der Waals surface area (Å²) in [6, 6.07) is 7.71. The highest BCUT2D eigenvalue weighted by atomic mass is 16.5. The topological polar surface area (TPSA) is 67.9 Å². The van der Waals surface area contributed by atoms with Crippen molar-refractivity contribution in [2.24, 2.45) is 0 Å². The predicted octanol–water partition coefficient (Wildman–Crippen LogP) is 1.24. The van der Waals surface area contributed by atoms with Crippen LogP contribution < -0.4 is 10.1 Å². The Kier molecular flexibility index (Phi) is 8.75. The van der Waals surface area contributed by atoms with Crippen molar-refractivity contribution in [1.82, 2.24) is 10.2 Å². The van der Waals surface area contributed by atoms with E-state index in [0.29, 0.717) is 32.5 Å². The van der Waals surface area contributed by atoms with Crippen molar-refractivity contribution in [3.05, 3.63) is 29.8 Å². The largest absolute Gasteiger partial charge is 0.496 e. The zero-order valence-electron chi connectivity index (χ0n) is 14.1. The summed E-state index contributed by atoms with van der Waals surface area (Å²) in [6.45, 7) is 3.13. The third-order valence-electron chi connectivity index (χ3n) is 3.47. The van der Waals surface area contributed by atoms with Gasteiger partial charge >= 0.3 is 0 Å². The van der Waals surface area contributed by atoms with Gasteiger partial charge in [-0.05, 0) is 24.5 Å². The minimum Gasteiger partial charge on any atom is -0.496 e. The highest BCUT2D eigenvalue weighted by Crippen LogP contribution is 2.17. The number of hydrogen-bond acceptors (Lipinski definition) is 4. The van der Waals surface area contributed by atoms with Gasteiger partial charge in [0.15, 0.2) is 0 Å². The maximum atomic E-state index is 12.0. The number of carbonyl (C=O) groups excluding carboxylic acids is 2. The molecule has 0 bridgehead atoms. The molecule has 1 aromatic rings. The molecule has 1 N–H and O–H groups in total. The van der Waals surface area contributed by atoms with Crippen LogP contribution in [0, 0.1) is 0 Å². The molecule has 2 amide bonds. The van der Waals surface area contributed by atoms with Gasteiger partial charge in [-0.1, -0.05) is 18.2 Å². The van der Waals surface area contributed by atoms with Crippen LogP contribution in [-0.4, -0.2) is 57.2 Å². The number of methoxy groups -OCH3 is 2. The molecule has 0 aliphatic rings. The fourth-order valence-corrected chi connectivity index (χ4v) is 2.22. The second-order valence-corrected chi connectivity index (χ2v) is 5.20. The second kappa shape index (κ2) is 10.6. The molecule has 1 rings (SSSR count). The molecule has 0 unspecified atom stereocenters. The third kappa shape index (κ3) is 7.15. The van der Waals surface area contributed by atoms with E-state index in [0.717, 1.165) is 11.3 Å². The van der Waals surface area contributed by atoms with Crippen molar-refractivity contribution >= 4 is 11.8 Å². The smallest absolute Gasteiger partial charge is 0.239 e. The van der Waals surface area contributed by atoms with Gasteiger partial charge in [0.2, 0.25) is 11.8 Å². The van der Waals surface area contributed by atoms with E-state index in [1.54, 1.807) is 14.2 Å². The van der Waals surface area contributed by atoms with Crippen LogP contribution in [0.4, 0.5) is 0 Å². The van der Waals surface area contributed by atoms with Crippen molar-refractivity contribution < 1.29 is 19.1 Å². The SMILES string of the molecule is COCCCN(CC(=O)NCCc1ccccc1OC)C(C)=O. The Bertz CT molecular complexity index is 505. The van der Waals surface area contributed by atoms with Crippen molar-refractivity contribution in [1.29, 1.82) is 0 Å². The fourth-order valence-electron chi connectivity index (χ4n) is 2.22. The zero-order chi connectivity index (χ0) is 17.1. The van der Waals surface area contributed by atoms with Gasteiger partial charge in [0, 0.05) is 33.7 Å². The molecule has 0 aromatic heterocycles. The van der Waals surface area contributed by atoms with E-state index >= 15 is 0 Å². The Labute approximate surface area is 137 Å². The maximum Gasteiger partial charge on any atom is 0.239 e. The van der Waals surface area contributed by atoms with E-state index in [9.17, 15) is 9.59 Å². The van der Waals surface area contributed by atoms with Gasteiger partial charge in [-0.3, -0.25) is 9.59 Å². The van der Waals surface area contributed by atoms with E-state index in [-0.39, 0.29) is 18.4 Å². The van der Waals surface area contributed by atoms with Crippen LogP contribution in [0.1, 0.15) is 18.9 Å². The molecule has 0 aliphatic heterocycles. The standard InChI is InChI=1S/C17H26N2O4/c1-14(20)19(11-6-12-22-2)13-17(21)18-10-9-15-7-4-5-8-16(15)23-3/h4-5,7-8H,6,9-13H2,1-3H3,(H,18,21). The summed E-state index contributed by atoms with van der Waals surface area (Å²) in [6.07, 6.45) is 1.39. The summed E-state index contributed by atoms with van der Waals surface area (Å²) in [4.78, 5) is 25.0. The Morgan fingerprint density at radius 3 is 2.61 bits per heavy atom. The van der Waals surface area contributed by atoms with Gasteiger partial charge in [-0.2, -0.15) is 0 Å². The fraction of sp³-hybridized carbons (Fsp3) is 0.529. The van der Waals surface area contributed by atoms with Crippen LogP contribution in [-0.2, 0) is 20.7 Å². The van der Waals surface area contributed by atoms with E-state index < -0.39 is 0 Å². The van der Waals surface area contributed by atoms with Gasteiger partial charge < -0.3 is 19.7 Å². The van der Waals surface area contributed by atoms with Crippen molar-refractivity contribution in [3.8, 4) is 5.75 Å². The van der Waals surface area contributed by atoms with Gasteiger partial charge in [0.25, 0.3) is 0 Å². The molecule has 0 spiro atoms. The molecule has 0 atom stereocenters. The quantitative estimate of drug-likeness (QED) is 0.658. The maximum absolute atomic E-state index is 12.0. The number of ether oxygens (including phenoxy) is 2. The molecule has 6 heteroatoms. The number of nitrogens with zero attached hydrogens (tertiary/aromatic N) is 1. The lowest BCUT2D eigenvalue weighted by atomic mass is 10.1. The van der Waals surface area contributed by atoms with Crippen LogP contribution in [0.15, 0.2) is 24.3 Å². The van der Waals surface area contributed by atoms with Gasteiger partial charge in [-0.25, -0.2) is 0 Å². The number of benzene rings is 1. The van der Waals surface area contributed by atoms with Crippen molar-refractivity contribution in [3.63, 3.8) is 0 Å². The first-order valence-corrected chi connectivity index (χ1v) is 7.71. The van der Waals surface area contributed by atoms with Gasteiger partial charge in [0.05, 0.1) is 13.7 Å². The minimum atomic E-state index is -0.160. The summed E-state index contributed by atoms with van der Waals surface area (Å²) >= 11 is 0. The van der Waals surface area contributed by atoms with E-state index in [1.807, 2.05) is 24.3 Å². The molecule has 0 radical (unpaired) electrons. The Hall–Kier alpha value is -2.08. The van der Waals surface area contributed by atoms with Gasteiger partial charge in [0.1, 0.15) is 5.75 Å². The molecule has 128 valence electrons. The molecular weight excluding hydrogens is 296 g/mol. The lowest BCUT2D eigenvalue weighted by molar-refractivity contribution is -0.134. The number of amides is 2. The van der Waals surface area contributed by atoms with Crippen LogP contribution in [0.3, 0.4) is 0 Å². The number of nitrogens with one attached hydrogen (secondary N) is 1. The first kappa shape index (κ1) is 19.0. The lowest BCUT2D eigenvalue weighted by Crippen LogP contribution is -2.41. The summed E-state index contributed by atoms with van der Waals surface area (Å²) in [5, 5.41) is 2.84. The van der Waals surface area contributed by atoms with E-state index in [2.05, 4.69) is 5.32 Å². The van der Waals surface area contributed by atoms with Crippen LogP contribution in [0.2, 0.25) is 0 Å². The molecule has 0 heterocycles.